The van der Waals surface area contributed by atoms with Crippen molar-refractivity contribution in [2.75, 3.05) is 0 Å². The summed E-state index contributed by atoms with van der Waals surface area (Å²) in [5.41, 5.74) is 6.75. The van der Waals surface area contributed by atoms with Gasteiger partial charge in [0.25, 0.3) is 0 Å². The van der Waals surface area contributed by atoms with Gasteiger partial charge in [0.05, 0.1) is 0 Å². The molecule has 0 heterocycles. The molecule has 3 rings (SSSR count). The molecule has 0 radical (unpaired) electrons. The average molecular weight is 307 g/mol. The molecule has 0 fully saturated rings. The lowest BCUT2D eigenvalue weighted by Gasteiger charge is -2.33. The number of hydrazine groups is 1. The minimum Gasteiger partial charge on any atom is -0.271 e. The molecular formula is C16H16Cl2N2. The van der Waals surface area contributed by atoms with Crippen LogP contribution in [0.5, 0.6) is 0 Å². The van der Waals surface area contributed by atoms with Crippen molar-refractivity contribution in [3.05, 3.63) is 69.2 Å². The first-order valence-electron chi connectivity index (χ1n) is 6.68. The van der Waals surface area contributed by atoms with E-state index in [4.69, 9.17) is 29.0 Å². The number of nitrogens with two attached hydrogens (primary N) is 1. The van der Waals surface area contributed by atoms with E-state index in [1.54, 1.807) is 6.07 Å². The topological polar surface area (TPSA) is 38.0 Å². The summed E-state index contributed by atoms with van der Waals surface area (Å²) in [5, 5.41) is 1.30. The minimum atomic E-state index is 0.0399. The van der Waals surface area contributed by atoms with Gasteiger partial charge in [-0.05, 0) is 47.6 Å². The van der Waals surface area contributed by atoms with Crippen LogP contribution in [0.25, 0.3) is 0 Å². The molecule has 0 bridgehead atoms. The van der Waals surface area contributed by atoms with Crippen molar-refractivity contribution >= 4 is 23.2 Å². The van der Waals surface area contributed by atoms with Gasteiger partial charge in [0.15, 0.2) is 0 Å². The Kier molecular flexibility index (Phi) is 3.99. The molecule has 20 heavy (non-hydrogen) atoms. The van der Waals surface area contributed by atoms with E-state index in [-0.39, 0.29) is 6.04 Å². The second-order valence-electron chi connectivity index (χ2n) is 5.22. The maximum absolute atomic E-state index is 6.27. The standard InChI is InChI=1S/C16H16Cl2N2/c17-12-5-6-14(15(18)9-12)16(20-19)8-11-7-10-3-1-2-4-13(10)11/h1-6,9,11,16,20H,7-8,19H2. The quantitative estimate of drug-likeness (QED) is 0.655. The van der Waals surface area contributed by atoms with E-state index < -0.39 is 0 Å². The maximum atomic E-state index is 6.27. The molecule has 1 aliphatic carbocycles. The molecule has 2 atom stereocenters. The number of fused-ring (bicyclic) bond motifs is 1. The molecule has 0 aliphatic heterocycles. The van der Waals surface area contributed by atoms with Crippen LogP contribution in [0.15, 0.2) is 42.5 Å². The highest BCUT2D eigenvalue weighted by molar-refractivity contribution is 6.35. The highest BCUT2D eigenvalue weighted by atomic mass is 35.5. The first kappa shape index (κ1) is 13.9. The van der Waals surface area contributed by atoms with Crippen LogP contribution in [0.3, 0.4) is 0 Å². The molecule has 1 aliphatic rings. The number of benzene rings is 2. The van der Waals surface area contributed by atoms with E-state index in [0.29, 0.717) is 16.0 Å². The van der Waals surface area contributed by atoms with Gasteiger partial charge in [-0.2, -0.15) is 0 Å². The second kappa shape index (κ2) is 5.74. The molecule has 2 nitrogen and oxygen atoms in total. The molecule has 3 N–H and O–H groups in total. The zero-order valence-electron chi connectivity index (χ0n) is 10.9. The third kappa shape index (κ3) is 2.57. The summed E-state index contributed by atoms with van der Waals surface area (Å²) in [6.07, 6.45) is 2.05. The SMILES string of the molecule is NNC(CC1Cc2ccccc21)c1ccc(Cl)cc1Cl. The third-order valence-corrected chi connectivity index (χ3v) is 4.58. The number of halogens is 2. The van der Waals surface area contributed by atoms with Crippen LogP contribution in [-0.2, 0) is 6.42 Å². The van der Waals surface area contributed by atoms with E-state index in [2.05, 4.69) is 29.7 Å². The van der Waals surface area contributed by atoms with Crippen LogP contribution in [0.4, 0.5) is 0 Å². The molecule has 104 valence electrons. The van der Waals surface area contributed by atoms with Crippen molar-refractivity contribution in [1.29, 1.82) is 0 Å². The lowest BCUT2D eigenvalue weighted by atomic mass is 9.74. The molecular weight excluding hydrogens is 291 g/mol. The molecule has 2 aromatic rings. The van der Waals surface area contributed by atoms with Gasteiger partial charge < -0.3 is 0 Å². The number of hydrogen-bond donors (Lipinski definition) is 2. The van der Waals surface area contributed by atoms with Gasteiger partial charge in [-0.3, -0.25) is 11.3 Å². The summed E-state index contributed by atoms with van der Waals surface area (Å²) in [7, 11) is 0. The lowest BCUT2D eigenvalue weighted by Crippen LogP contribution is -2.31. The normalized spacial score (nSPS) is 18.2. The summed E-state index contributed by atoms with van der Waals surface area (Å²) < 4.78 is 0. The number of rotatable bonds is 4. The molecule has 0 amide bonds. The first-order chi connectivity index (χ1) is 9.69. The molecule has 0 saturated heterocycles. The third-order valence-electron chi connectivity index (χ3n) is 4.02. The van der Waals surface area contributed by atoms with E-state index in [0.717, 1.165) is 18.4 Å². The van der Waals surface area contributed by atoms with Crippen LogP contribution in [0.2, 0.25) is 10.0 Å². The Labute approximate surface area is 128 Å². The second-order valence-corrected chi connectivity index (χ2v) is 6.06. The Balaban J connectivity index is 1.79. The van der Waals surface area contributed by atoms with Gasteiger partial charge in [0.1, 0.15) is 0 Å². The highest BCUT2D eigenvalue weighted by Crippen LogP contribution is 2.41. The predicted molar refractivity (Wildman–Crippen MR) is 84.0 cm³/mol. The minimum absolute atomic E-state index is 0.0399. The fraction of sp³-hybridized carbons (Fsp3) is 0.250. The Morgan fingerprint density at radius 1 is 1.20 bits per heavy atom. The van der Waals surface area contributed by atoms with Gasteiger partial charge in [-0.1, -0.05) is 53.5 Å². The summed E-state index contributed by atoms with van der Waals surface area (Å²) in [6.45, 7) is 0. The Morgan fingerprint density at radius 2 is 2.00 bits per heavy atom. The van der Waals surface area contributed by atoms with E-state index in [9.17, 15) is 0 Å². The summed E-state index contributed by atoms with van der Waals surface area (Å²) in [5.74, 6) is 6.26. The highest BCUT2D eigenvalue weighted by Gasteiger charge is 2.28. The summed E-state index contributed by atoms with van der Waals surface area (Å²) >= 11 is 12.2. The first-order valence-corrected chi connectivity index (χ1v) is 7.43. The van der Waals surface area contributed by atoms with Crippen molar-refractivity contribution < 1.29 is 0 Å². The molecule has 0 saturated carbocycles. The molecule has 4 heteroatoms. The zero-order chi connectivity index (χ0) is 14.1. The largest absolute Gasteiger partial charge is 0.271 e. The van der Waals surface area contributed by atoms with E-state index in [1.807, 2.05) is 12.1 Å². The fourth-order valence-electron chi connectivity index (χ4n) is 2.93. The van der Waals surface area contributed by atoms with Crippen LogP contribution in [0.1, 0.15) is 35.1 Å². The average Bonchev–Trinajstić information content (AvgIpc) is 2.41. The molecule has 2 aromatic carbocycles. The predicted octanol–water partition coefficient (Wildman–Crippen LogP) is 4.23. The van der Waals surface area contributed by atoms with Gasteiger partial charge in [0, 0.05) is 16.1 Å². The van der Waals surface area contributed by atoms with E-state index >= 15 is 0 Å². The Bertz CT molecular complexity index is 628. The van der Waals surface area contributed by atoms with Crippen LogP contribution < -0.4 is 11.3 Å². The smallest absolute Gasteiger partial charge is 0.0480 e. The van der Waals surface area contributed by atoms with Crippen molar-refractivity contribution in [2.24, 2.45) is 5.84 Å². The summed E-state index contributed by atoms with van der Waals surface area (Å²) in [4.78, 5) is 0. The van der Waals surface area contributed by atoms with Crippen molar-refractivity contribution in [2.45, 2.75) is 24.8 Å². The van der Waals surface area contributed by atoms with Crippen molar-refractivity contribution in [3.63, 3.8) is 0 Å². The van der Waals surface area contributed by atoms with Crippen molar-refractivity contribution in [1.82, 2.24) is 5.43 Å². The van der Waals surface area contributed by atoms with Crippen LogP contribution in [-0.4, -0.2) is 0 Å². The monoisotopic (exact) mass is 306 g/mol. The number of nitrogens with one attached hydrogen (secondary N) is 1. The fourth-order valence-corrected chi connectivity index (χ4v) is 3.47. The molecule has 2 unspecified atom stereocenters. The summed E-state index contributed by atoms with van der Waals surface area (Å²) in [6, 6.07) is 14.2. The van der Waals surface area contributed by atoms with Gasteiger partial charge in [0.2, 0.25) is 0 Å². The Hall–Kier alpha value is -1.06. The maximum Gasteiger partial charge on any atom is 0.0480 e. The van der Waals surface area contributed by atoms with Gasteiger partial charge >= 0.3 is 0 Å². The van der Waals surface area contributed by atoms with Gasteiger partial charge in [-0.25, -0.2) is 0 Å². The number of hydrogen-bond acceptors (Lipinski definition) is 2. The van der Waals surface area contributed by atoms with Crippen molar-refractivity contribution in [3.8, 4) is 0 Å². The van der Waals surface area contributed by atoms with Crippen LogP contribution >= 0.6 is 23.2 Å². The Morgan fingerprint density at radius 3 is 2.70 bits per heavy atom. The zero-order valence-corrected chi connectivity index (χ0v) is 12.5. The van der Waals surface area contributed by atoms with Crippen LogP contribution in [0, 0.1) is 0 Å². The van der Waals surface area contributed by atoms with E-state index in [1.165, 1.54) is 11.1 Å². The lowest BCUT2D eigenvalue weighted by molar-refractivity contribution is 0.435. The van der Waals surface area contributed by atoms with Gasteiger partial charge in [-0.15, -0.1) is 0 Å². The molecule has 0 aromatic heterocycles. The molecule has 0 spiro atoms.